The Morgan fingerprint density at radius 2 is 1.94 bits per heavy atom. The first kappa shape index (κ1) is 9.57. The molecule has 0 amide bonds. The van der Waals surface area contributed by atoms with Crippen molar-refractivity contribution in [3.8, 4) is 0 Å². The lowest BCUT2D eigenvalue weighted by molar-refractivity contribution is -0.229. The van der Waals surface area contributed by atoms with Gasteiger partial charge in [-0.1, -0.05) is 6.92 Å². The third kappa shape index (κ3) is 0.773. The number of rotatable bonds is 0. The summed E-state index contributed by atoms with van der Waals surface area (Å²) in [7, 11) is 0. The van der Waals surface area contributed by atoms with E-state index in [1.54, 1.807) is 0 Å². The average Bonchev–Trinajstić information content (AvgIpc) is 2.76. The van der Waals surface area contributed by atoms with Crippen molar-refractivity contribution in [1.82, 2.24) is 0 Å². The van der Waals surface area contributed by atoms with Crippen LogP contribution in [0.4, 0.5) is 0 Å². The van der Waals surface area contributed by atoms with Crippen molar-refractivity contribution in [1.29, 1.82) is 0 Å². The van der Waals surface area contributed by atoms with Gasteiger partial charge >= 0.3 is 0 Å². The Hall–Kier alpha value is -0.450. The normalized spacial score (nSPS) is 52.8. The molecule has 0 unspecified atom stereocenters. The molecule has 0 aromatic carbocycles. The summed E-state index contributed by atoms with van der Waals surface area (Å²) in [5.74, 6) is -0.199. The third-order valence-corrected chi connectivity index (χ3v) is 5.21. The predicted molar refractivity (Wildman–Crippen MR) is 53.8 cm³/mol. The first-order chi connectivity index (χ1) is 7.64. The van der Waals surface area contributed by atoms with Crippen molar-refractivity contribution >= 4 is 5.78 Å². The summed E-state index contributed by atoms with van der Waals surface area (Å²) in [6.45, 7) is 3.52. The number of carbonyl (C=O) groups excluding carboxylic acids is 1. The number of carbonyl (C=O) groups is 1. The van der Waals surface area contributed by atoms with Gasteiger partial charge in [0.1, 0.15) is 11.7 Å². The number of ether oxygens (including phenoxy) is 3. The van der Waals surface area contributed by atoms with Gasteiger partial charge in [-0.3, -0.25) is 4.79 Å². The van der Waals surface area contributed by atoms with Crippen molar-refractivity contribution in [2.24, 2.45) is 5.41 Å². The van der Waals surface area contributed by atoms with Gasteiger partial charge in [-0.25, -0.2) is 0 Å². The molecule has 0 bridgehead atoms. The zero-order chi connectivity index (χ0) is 11.0. The smallest absolute Gasteiger partial charge is 0.176 e. The van der Waals surface area contributed by atoms with Gasteiger partial charge in [0.05, 0.1) is 18.6 Å². The Kier molecular flexibility index (Phi) is 1.51. The van der Waals surface area contributed by atoms with Crippen LogP contribution < -0.4 is 0 Å². The van der Waals surface area contributed by atoms with Crippen molar-refractivity contribution < 1.29 is 19.0 Å². The van der Waals surface area contributed by atoms with E-state index in [1.807, 2.05) is 0 Å². The van der Waals surface area contributed by atoms with Gasteiger partial charge in [0.2, 0.25) is 0 Å². The molecule has 0 aromatic heterocycles. The highest BCUT2D eigenvalue weighted by Gasteiger charge is 2.81. The molecule has 4 rings (SSSR count). The summed E-state index contributed by atoms with van der Waals surface area (Å²) in [6.07, 6.45) is 3.05. The molecule has 3 atom stereocenters. The van der Waals surface area contributed by atoms with Crippen LogP contribution in [0, 0.1) is 5.41 Å². The molecule has 16 heavy (non-hydrogen) atoms. The molecule has 2 aliphatic carbocycles. The van der Waals surface area contributed by atoms with Crippen LogP contribution in [0.2, 0.25) is 0 Å². The van der Waals surface area contributed by atoms with Crippen LogP contribution in [0.3, 0.4) is 0 Å². The summed E-state index contributed by atoms with van der Waals surface area (Å²) in [5, 5.41) is 0. The first-order valence-electron chi connectivity index (χ1n) is 6.12. The molecular formula is C12H16O4. The lowest BCUT2D eigenvalue weighted by Crippen LogP contribution is -2.53. The molecule has 2 aliphatic heterocycles. The second-order valence-electron chi connectivity index (χ2n) is 5.64. The molecule has 4 fully saturated rings. The average molecular weight is 224 g/mol. The van der Waals surface area contributed by atoms with Gasteiger partial charge in [0.15, 0.2) is 11.6 Å². The van der Waals surface area contributed by atoms with Gasteiger partial charge in [0.25, 0.3) is 0 Å². The number of Topliss-reactive ketones (excluding diaryl/α,β-unsaturated/α-hetero) is 1. The summed E-state index contributed by atoms with van der Waals surface area (Å²) >= 11 is 0. The lowest BCUT2D eigenvalue weighted by Gasteiger charge is -2.42. The summed E-state index contributed by atoms with van der Waals surface area (Å²) in [5.41, 5.74) is -0.387. The Morgan fingerprint density at radius 1 is 1.19 bits per heavy atom. The highest BCUT2D eigenvalue weighted by atomic mass is 16.7. The van der Waals surface area contributed by atoms with E-state index in [2.05, 4.69) is 6.92 Å². The van der Waals surface area contributed by atoms with E-state index in [-0.39, 0.29) is 22.9 Å². The van der Waals surface area contributed by atoms with E-state index >= 15 is 0 Å². The molecule has 2 spiro atoms. The van der Waals surface area contributed by atoms with Gasteiger partial charge in [-0.15, -0.1) is 0 Å². The maximum absolute atomic E-state index is 11.7. The topological polar surface area (TPSA) is 48.1 Å². The minimum Gasteiger partial charge on any atom is -0.357 e. The largest absolute Gasteiger partial charge is 0.357 e. The highest BCUT2D eigenvalue weighted by Crippen LogP contribution is 2.70. The Labute approximate surface area is 94.2 Å². The fourth-order valence-electron chi connectivity index (χ4n) is 4.16. The number of ketones is 1. The quantitative estimate of drug-likeness (QED) is 0.577. The maximum atomic E-state index is 11.7. The monoisotopic (exact) mass is 224 g/mol. The van der Waals surface area contributed by atoms with Crippen molar-refractivity contribution in [2.75, 3.05) is 13.2 Å². The molecule has 4 heteroatoms. The first-order valence-corrected chi connectivity index (χ1v) is 6.12. The van der Waals surface area contributed by atoms with Crippen LogP contribution in [-0.4, -0.2) is 36.5 Å². The molecule has 4 aliphatic rings. The summed E-state index contributed by atoms with van der Waals surface area (Å²) in [4.78, 5) is 11.7. The second-order valence-corrected chi connectivity index (χ2v) is 5.64. The van der Waals surface area contributed by atoms with Gasteiger partial charge in [0, 0.05) is 12.8 Å². The molecule has 0 aromatic rings. The van der Waals surface area contributed by atoms with Crippen LogP contribution >= 0.6 is 0 Å². The number of epoxide rings is 1. The molecule has 0 radical (unpaired) electrons. The Bertz CT molecular complexity index is 373. The van der Waals surface area contributed by atoms with E-state index in [1.165, 1.54) is 0 Å². The molecule has 2 saturated heterocycles. The molecular weight excluding hydrogens is 208 g/mol. The van der Waals surface area contributed by atoms with Crippen LogP contribution in [0.1, 0.15) is 32.6 Å². The summed E-state index contributed by atoms with van der Waals surface area (Å²) in [6, 6.07) is 0. The zero-order valence-electron chi connectivity index (χ0n) is 9.45. The Balaban J connectivity index is 1.79. The molecule has 2 heterocycles. The van der Waals surface area contributed by atoms with E-state index in [4.69, 9.17) is 14.2 Å². The minimum absolute atomic E-state index is 0.130. The zero-order valence-corrected chi connectivity index (χ0v) is 9.45. The van der Waals surface area contributed by atoms with Crippen LogP contribution in [0.15, 0.2) is 0 Å². The van der Waals surface area contributed by atoms with Gasteiger partial charge in [-0.05, 0) is 12.8 Å². The van der Waals surface area contributed by atoms with E-state index in [0.29, 0.717) is 19.6 Å². The molecule has 4 nitrogen and oxygen atoms in total. The van der Waals surface area contributed by atoms with Gasteiger partial charge < -0.3 is 14.2 Å². The SMILES string of the molecule is C[C@]12CCC(=O)[C@@H]3O[C@]31CCC21OCCO1. The highest BCUT2D eigenvalue weighted by molar-refractivity contribution is 5.89. The molecule has 0 N–H and O–H groups in total. The van der Waals surface area contributed by atoms with E-state index < -0.39 is 5.79 Å². The third-order valence-electron chi connectivity index (χ3n) is 5.21. The Morgan fingerprint density at radius 3 is 2.69 bits per heavy atom. The molecule has 2 saturated carbocycles. The molecule has 88 valence electrons. The maximum Gasteiger partial charge on any atom is 0.176 e. The number of hydrogen-bond donors (Lipinski definition) is 0. The fraction of sp³-hybridized carbons (Fsp3) is 0.917. The fourth-order valence-corrected chi connectivity index (χ4v) is 4.16. The number of hydrogen-bond acceptors (Lipinski definition) is 4. The predicted octanol–water partition coefficient (Wildman–Crippen LogP) is 1.03. The van der Waals surface area contributed by atoms with Gasteiger partial charge in [-0.2, -0.15) is 0 Å². The van der Waals surface area contributed by atoms with Crippen molar-refractivity contribution in [3.05, 3.63) is 0 Å². The van der Waals surface area contributed by atoms with E-state index in [9.17, 15) is 4.79 Å². The van der Waals surface area contributed by atoms with Crippen LogP contribution in [0.25, 0.3) is 0 Å². The standard InChI is InChI=1S/C12H16O4/c1-10-3-2-8(13)9-11(10,16-9)4-5-12(10)14-6-7-15-12/h9H,2-7H2,1H3/t9-,10-,11+/m0/s1. The second kappa shape index (κ2) is 2.52. The lowest BCUT2D eigenvalue weighted by atomic mass is 9.66. The summed E-state index contributed by atoms with van der Waals surface area (Å²) < 4.78 is 17.6. The van der Waals surface area contributed by atoms with Crippen molar-refractivity contribution in [3.63, 3.8) is 0 Å². The van der Waals surface area contributed by atoms with Crippen LogP contribution in [0.5, 0.6) is 0 Å². The number of fused-ring (bicyclic) bond motifs is 1. The van der Waals surface area contributed by atoms with Crippen LogP contribution in [-0.2, 0) is 19.0 Å². The minimum atomic E-state index is -0.470. The van der Waals surface area contributed by atoms with Crippen molar-refractivity contribution in [2.45, 2.75) is 50.1 Å². The van der Waals surface area contributed by atoms with E-state index in [0.717, 1.165) is 19.3 Å².